The van der Waals surface area contributed by atoms with Gasteiger partial charge in [-0.05, 0) is 6.92 Å². The third kappa shape index (κ3) is 1.96. The van der Waals surface area contributed by atoms with Gasteiger partial charge in [0.05, 0.1) is 11.8 Å². The number of hydrogen-bond donors (Lipinski definition) is 2. The molecule has 0 aromatic carbocycles. The monoisotopic (exact) mass is 197 g/mol. The molecule has 1 rings (SSSR count). The molecule has 4 heteroatoms. The second-order valence-electron chi connectivity index (χ2n) is 4.44. The molecule has 0 aliphatic heterocycles. The quantitative estimate of drug-likeness (QED) is 0.751. The molecule has 1 heterocycles. The predicted octanol–water partition coefficient (Wildman–Crippen LogP) is 0.747. The summed E-state index contributed by atoms with van der Waals surface area (Å²) in [5, 5.41) is 14.3. The molecule has 1 unspecified atom stereocenters. The van der Waals surface area contributed by atoms with Crippen LogP contribution in [0.3, 0.4) is 0 Å². The standard InChI is InChI=1S/C10H19N3O/c1-7-8(5-13(4)12-7)9(14)10(2,3)6-11/h5,9,14H,6,11H2,1-4H3. The van der Waals surface area contributed by atoms with Gasteiger partial charge in [-0.1, -0.05) is 13.8 Å². The Bertz CT molecular complexity index is 317. The molecule has 1 aromatic heterocycles. The Balaban J connectivity index is 3.00. The minimum Gasteiger partial charge on any atom is -0.388 e. The molecule has 1 aromatic rings. The lowest BCUT2D eigenvalue weighted by molar-refractivity contribution is 0.0549. The van der Waals surface area contributed by atoms with E-state index in [0.29, 0.717) is 6.54 Å². The molecule has 0 fully saturated rings. The number of nitrogens with zero attached hydrogens (tertiary/aromatic N) is 2. The second-order valence-corrected chi connectivity index (χ2v) is 4.44. The number of aryl methyl sites for hydroxylation is 2. The highest BCUT2D eigenvalue weighted by atomic mass is 16.3. The SMILES string of the molecule is Cc1nn(C)cc1C(O)C(C)(C)CN. The van der Waals surface area contributed by atoms with E-state index < -0.39 is 6.10 Å². The van der Waals surface area contributed by atoms with Gasteiger partial charge in [0, 0.05) is 30.8 Å². The maximum absolute atomic E-state index is 10.1. The van der Waals surface area contributed by atoms with E-state index in [1.54, 1.807) is 4.68 Å². The van der Waals surface area contributed by atoms with Crippen LogP contribution in [0, 0.1) is 12.3 Å². The van der Waals surface area contributed by atoms with Crippen molar-refractivity contribution in [3.8, 4) is 0 Å². The van der Waals surface area contributed by atoms with Crippen molar-refractivity contribution in [2.24, 2.45) is 18.2 Å². The fraction of sp³-hybridized carbons (Fsp3) is 0.700. The van der Waals surface area contributed by atoms with E-state index in [9.17, 15) is 5.11 Å². The first-order chi connectivity index (χ1) is 6.38. The van der Waals surface area contributed by atoms with Crippen LogP contribution in [-0.2, 0) is 7.05 Å². The number of aliphatic hydroxyl groups is 1. The van der Waals surface area contributed by atoms with Gasteiger partial charge in [0.15, 0.2) is 0 Å². The predicted molar refractivity (Wildman–Crippen MR) is 55.7 cm³/mol. The summed E-state index contributed by atoms with van der Waals surface area (Å²) >= 11 is 0. The zero-order valence-electron chi connectivity index (χ0n) is 9.28. The first kappa shape index (κ1) is 11.2. The molecule has 0 spiro atoms. The Labute approximate surface area is 84.7 Å². The van der Waals surface area contributed by atoms with E-state index in [0.717, 1.165) is 11.3 Å². The maximum atomic E-state index is 10.1. The van der Waals surface area contributed by atoms with E-state index in [1.165, 1.54) is 0 Å². The van der Waals surface area contributed by atoms with Crippen molar-refractivity contribution >= 4 is 0 Å². The first-order valence-corrected chi connectivity index (χ1v) is 4.77. The summed E-state index contributed by atoms with van der Waals surface area (Å²) in [5.41, 5.74) is 7.03. The van der Waals surface area contributed by atoms with Gasteiger partial charge in [-0.15, -0.1) is 0 Å². The van der Waals surface area contributed by atoms with E-state index in [2.05, 4.69) is 5.10 Å². The molecule has 0 aliphatic carbocycles. The largest absolute Gasteiger partial charge is 0.388 e. The van der Waals surface area contributed by atoms with Crippen molar-refractivity contribution in [2.75, 3.05) is 6.54 Å². The minimum absolute atomic E-state index is 0.312. The summed E-state index contributed by atoms with van der Waals surface area (Å²) in [5.74, 6) is 0. The lowest BCUT2D eigenvalue weighted by Crippen LogP contribution is -2.30. The fourth-order valence-electron chi connectivity index (χ4n) is 1.42. The van der Waals surface area contributed by atoms with E-state index in [4.69, 9.17) is 5.73 Å². The van der Waals surface area contributed by atoms with Crippen LogP contribution in [0.4, 0.5) is 0 Å². The van der Waals surface area contributed by atoms with Crippen molar-refractivity contribution in [2.45, 2.75) is 26.9 Å². The summed E-state index contributed by atoms with van der Waals surface area (Å²) in [6.45, 7) is 6.24. The summed E-state index contributed by atoms with van der Waals surface area (Å²) in [6.07, 6.45) is 1.29. The highest BCUT2D eigenvalue weighted by molar-refractivity contribution is 5.20. The molecule has 1 atom stereocenters. The minimum atomic E-state index is -0.554. The highest BCUT2D eigenvalue weighted by Gasteiger charge is 2.29. The fourth-order valence-corrected chi connectivity index (χ4v) is 1.42. The summed E-state index contributed by atoms with van der Waals surface area (Å²) < 4.78 is 1.71. The van der Waals surface area contributed by atoms with Crippen molar-refractivity contribution in [1.29, 1.82) is 0 Å². The van der Waals surface area contributed by atoms with Crippen LogP contribution in [0.15, 0.2) is 6.20 Å². The molecule has 0 saturated heterocycles. The van der Waals surface area contributed by atoms with Gasteiger partial charge in [-0.25, -0.2) is 0 Å². The third-order valence-corrected chi connectivity index (χ3v) is 2.61. The number of aromatic nitrogens is 2. The van der Waals surface area contributed by atoms with Crippen molar-refractivity contribution in [3.05, 3.63) is 17.5 Å². The Kier molecular flexibility index (Phi) is 2.97. The molecule has 0 amide bonds. The van der Waals surface area contributed by atoms with Gasteiger partial charge in [0.2, 0.25) is 0 Å². The molecule has 0 radical (unpaired) electrons. The smallest absolute Gasteiger partial charge is 0.0886 e. The lowest BCUT2D eigenvalue weighted by Gasteiger charge is -2.28. The van der Waals surface area contributed by atoms with Gasteiger partial charge < -0.3 is 10.8 Å². The average Bonchev–Trinajstić information content (AvgIpc) is 2.44. The van der Waals surface area contributed by atoms with Crippen LogP contribution < -0.4 is 5.73 Å². The maximum Gasteiger partial charge on any atom is 0.0886 e. The Morgan fingerprint density at radius 2 is 2.21 bits per heavy atom. The van der Waals surface area contributed by atoms with E-state index in [-0.39, 0.29) is 5.41 Å². The number of rotatable bonds is 3. The van der Waals surface area contributed by atoms with Gasteiger partial charge in [0.25, 0.3) is 0 Å². The Hall–Kier alpha value is -0.870. The van der Waals surface area contributed by atoms with Crippen LogP contribution in [0.5, 0.6) is 0 Å². The topological polar surface area (TPSA) is 64.1 Å². The van der Waals surface area contributed by atoms with Gasteiger partial charge in [0.1, 0.15) is 0 Å². The number of nitrogens with two attached hydrogens (primary N) is 1. The molecular formula is C10H19N3O. The van der Waals surface area contributed by atoms with Crippen LogP contribution in [0.2, 0.25) is 0 Å². The second kappa shape index (κ2) is 3.71. The molecule has 0 bridgehead atoms. The lowest BCUT2D eigenvalue weighted by atomic mass is 9.83. The van der Waals surface area contributed by atoms with Crippen LogP contribution in [0.25, 0.3) is 0 Å². The van der Waals surface area contributed by atoms with E-state index >= 15 is 0 Å². The van der Waals surface area contributed by atoms with Crippen LogP contribution in [0.1, 0.15) is 31.2 Å². The van der Waals surface area contributed by atoms with E-state index in [1.807, 2.05) is 34.0 Å². The van der Waals surface area contributed by atoms with Gasteiger partial charge in [-0.3, -0.25) is 4.68 Å². The first-order valence-electron chi connectivity index (χ1n) is 4.77. The number of aliphatic hydroxyl groups excluding tert-OH is 1. The Morgan fingerprint density at radius 1 is 1.64 bits per heavy atom. The molecule has 0 aliphatic rings. The molecule has 0 saturated carbocycles. The van der Waals surface area contributed by atoms with Crippen molar-refractivity contribution < 1.29 is 5.11 Å². The zero-order chi connectivity index (χ0) is 10.9. The average molecular weight is 197 g/mol. The molecule has 4 nitrogen and oxygen atoms in total. The molecule has 3 N–H and O–H groups in total. The summed E-state index contributed by atoms with van der Waals surface area (Å²) in [4.78, 5) is 0. The van der Waals surface area contributed by atoms with Crippen LogP contribution >= 0.6 is 0 Å². The normalized spacial score (nSPS) is 14.4. The van der Waals surface area contributed by atoms with Gasteiger partial charge >= 0.3 is 0 Å². The molecular weight excluding hydrogens is 178 g/mol. The van der Waals surface area contributed by atoms with Crippen LogP contribution in [-0.4, -0.2) is 21.4 Å². The zero-order valence-corrected chi connectivity index (χ0v) is 9.28. The summed E-state index contributed by atoms with van der Waals surface area (Å²) in [7, 11) is 1.85. The third-order valence-electron chi connectivity index (χ3n) is 2.61. The highest BCUT2D eigenvalue weighted by Crippen LogP contribution is 2.33. The van der Waals surface area contributed by atoms with Crippen molar-refractivity contribution in [1.82, 2.24) is 9.78 Å². The summed E-state index contributed by atoms with van der Waals surface area (Å²) in [6, 6.07) is 0. The molecule has 80 valence electrons. The van der Waals surface area contributed by atoms with Gasteiger partial charge in [-0.2, -0.15) is 5.10 Å². The molecule has 14 heavy (non-hydrogen) atoms. The van der Waals surface area contributed by atoms with Crippen molar-refractivity contribution in [3.63, 3.8) is 0 Å². The Morgan fingerprint density at radius 3 is 2.57 bits per heavy atom. The number of hydrogen-bond acceptors (Lipinski definition) is 3.